The van der Waals surface area contributed by atoms with Crippen molar-refractivity contribution in [3.8, 4) is 17.2 Å². The molecule has 0 saturated heterocycles. The SMILES string of the molecule is CCCC1=CCC(C2CCC(c3cc4c(c(F)c3F)Oc3c(ccc(OCC)c3F)C4)CC2)CO1. The zero-order valence-corrected chi connectivity index (χ0v) is 20.5. The van der Waals surface area contributed by atoms with Crippen molar-refractivity contribution in [1.29, 1.82) is 0 Å². The van der Waals surface area contributed by atoms with Crippen LogP contribution in [0.5, 0.6) is 17.2 Å². The summed E-state index contributed by atoms with van der Waals surface area (Å²) in [6.45, 7) is 4.97. The van der Waals surface area contributed by atoms with Crippen LogP contribution < -0.4 is 9.47 Å². The number of fused-ring (bicyclic) bond motifs is 2. The Morgan fingerprint density at radius 1 is 0.914 bits per heavy atom. The van der Waals surface area contributed by atoms with Crippen LogP contribution in [0.3, 0.4) is 0 Å². The van der Waals surface area contributed by atoms with Gasteiger partial charge in [0, 0.05) is 24.0 Å². The normalized spacial score (nSPS) is 23.5. The van der Waals surface area contributed by atoms with Crippen LogP contribution in [0.2, 0.25) is 0 Å². The van der Waals surface area contributed by atoms with Crippen molar-refractivity contribution in [3.05, 3.63) is 64.2 Å². The fourth-order valence-electron chi connectivity index (χ4n) is 5.90. The molecule has 2 aromatic carbocycles. The lowest BCUT2D eigenvalue weighted by molar-refractivity contribution is 0.0891. The topological polar surface area (TPSA) is 27.7 Å². The van der Waals surface area contributed by atoms with E-state index in [1.54, 1.807) is 25.1 Å². The van der Waals surface area contributed by atoms with Crippen LogP contribution in [0.4, 0.5) is 13.2 Å². The molecule has 188 valence electrons. The molecule has 3 aliphatic rings. The molecule has 2 heterocycles. The highest BCUT2D eigenvalue weighted by molar-refractivity contribution is 5.55. The maximum Gasteiger partial charge on any atom is 0.207 e. The average Bonchev–Trinajstić information content (AvgIpc) is 2.88. The van der Waals surface area contributed by atoms with E-state index in [4.69, 9.17) is 14.2 Å². The molecular weight excluding hydrogens is 453 g/mol. The average molecular weight is 487 g/mol. The first-order valence-electron chi connectivity index (χ1n) is 12.9. The van der Waals surface area contributed by atoms with E-state index < -0.39 is 17.5 Å². The van der Waals surface area contributed by atoms with Crippen molar-refractivity contribution in [2.45, 2.75) is 71.1 Å². The predicted molar refractivity (Wildman–Crippen MR) is 129 cm³/mol. The van der Waals surface area contributed by atoms with Crippen molar-refractivity contribution >= 4 is 0 Å². The fraction of sp³-hybridized carbons (Fsp3) is 0.517. The highest BCUT2D eigenvalue weighted by atomic mass is 19.2. The first-order valence-corrected chi connectivity index (χ1v) is 12.9. The lowest BCUT2D eigenvalue weighted by Crippen LogP contribution is -2.27. The molecule has 0 amide bonds. The third kappa shape index (κ3) is 4.64. The second kappa shape index (κ2) is 10.2. The molecule has 2 aromatic rings. The number of hydrogen-bond donors (Lipinski definition) is 0. The maximum atomic E-state index is 15.2. The lowest BCUT2D eigenvalue weighted by Gasteiger charge is -2.36. The van der Waals surface area contributed by atoms with Gasteiger partial charge in [0.25, 0.3) is 0 Å². The number of rotatable bonds is 6. The van der Waals surface area contributed by atoms with Gasteiger partial charge in [0.15, 0.2) is 23.1 Å². The molecule has 1 aliphatic carbocycles. The van der Waals surface area contributed by atoms with E-state index in [2.05, 4.69) is 13.0 Å². The van der Waals surface area contributed by atoms with Crippen LogP contribution in [0, 0.1) is 29.3 Å². The van der Waals surface area contributed by atoms with E-state index in [1.165, 1.54) is 0 Å². The van der Waals surface area contributed by atoms with E-state index in [1.807, 2.05) is 0 Å². The minimum atomic E-state index is -1.03. The second-order valence-electron chi connectivity index (χ2n) is 10.00. The zero-order chi connectivity index (χ0) is 24.5. The first kappa shape index (κ1) is 24.1. The van der Waals surface area contributed by atoms with Gasteiger partial charge in [-0.2, -0.15) is 8.78 Å². The molecule has 6 heteroatoms. The number of ether oxygens (including phenoxy) is 3. The molecule has 1 fully saturated rings. The summed E-state index contributed by atoms with van der Waals surface area (Å²) in [5, 5.41) is 0. The quantitative estimate of drug-likeness (QED) is 0.351. The highest BCUT2D eigenvalue weighted by Crippen LogP contribution is 2.47. The maximum absolute atomic E-state index is 15.2. The van der Waals surface area contributed by atoms with Gasteiger partial charge in [0.2, 0.25) is 11.6 Å². The number of halogens is 3. The van der Waals surface area contributed by atoms with Crippen LogP contribution in [-0.2, 0) is 11.2 Å². The van der Waals surface area contributed by atoms with Gasteiger partial charge < -0.3 is 14.2 Å². The highest BCUT2D eigenvalue weighted by Gasteiger charge is 2.34. The summed E-state index contributed by atoms with van der Waals surface area (Å²) in [5.41, 5.74) is 1.58. The Morgan fingerprint density at radius 2 is 1.69 bits per heavy atom. The Labute approximate surface area is 205 Å². The van der Waals surface area contributed by atoms with Crippen molar-refractivity contribution in [2.24, 2.45) is 11.8 Å². The van der Waals surface area contributed by atoms with Crippen LogP contribution in [0.1, 0.15) is 81.4 Å². The monoisotopic (exact) mass is 486 g/mol. The summed E-state index contributed by atoms with van der Waals surface area (Å²) in [4.78, 5) is 0. The minimum Gasteiger partial charge on any atom is -0.498 e. The molecule has 0 bridgehead atoms. The van der Waals surface area contributed by atoms with Crippen LogP contribution in [0.15, 0.2) is 30.0 Å². The molecule has 5 rings (SSSR count). The van der Waals surface area contributed by atoms with E-state index in [-0.39, 0.29) is 23.2 Å². The van der Waals surface area contributed by atoms with Crippen molar-refractivity contribution in [2.75, 3.05) is 13.2 Å². The molecule has 0 aromatic heterocycles. The largest absolute Gasteiger partial charge is 0.498 e. The summed E-state index contributed by atoms with van der Waals surface area (Å²) >= 11 is 0. The van der Waals surface area contributed by atoms with Gasteiger partial charge in [-0.3, -0.25) is 0 Å². The van der Waals surface area contributed by atoms with Crippen molar-refractivity contribution in [1.82, 2.24) is 0 Å². The Hall–Kier alpha value is -2.63. The molecule has 2 aliphatic heterocycles. The molecule has 1 atom stereocenters. The van der Waals surface area contributed by atoms with E-state index in [9.17, 15) is 4.39 Å². The molecule has 0 N–H and O–H groups in total. The van der Waals surface area contributed by atoms with Gasteiger partial charge in [-0.15, -0.1) is 0 Å². The summed E-state index contributed by atoms with van der Waals surface area (Å²) in [7, 11) is 0. The van der Waals surface area contributed by atoms with Crippen molar-refractivity contribution < 1.29 is 27.4 Å². The molecular formula is C29H33F3O3. The summed E-state index contributed by atoms with van der Waals surface area (Å²) in [6.07, 6.45) is 9.28. The number of allylic oxidation sites excluding steroid dienone is 2. The van der Waals surface area contributed by atoms with Gasteiger partial charge in [0.1, 0.15) is 0 Å². The number of benzene rings is 2. The Balaban J connectivity index is 1.31. The molecule has 0 radical (unpaired) electrons. The van der Waals surface area contributed by atoms with Gasteiger partial charge >= 0.3 is 0 Å². The fourth-order valence-corrected chi connectivity index (χ4v) is 5.90. The van der Waals surface area contributed by atoms with Gasteiger partial charge in [0.05, 0.1) is 19.0 Å². The lowest BCUT2D eigenvalue weighted by atomic mass is 9.72. The Morgan fingerprint density at radius 3 is 2.37 bits per heavy atom. The van der Waals surface area contributed by atoms with Crippen LogP contribution in [0.25, 0.3) is 0 Å². The van der Waals surface area contributed by atoms with E-state index in [0.717, 1.165) is 57.3 Å². The smallest absolute Gasteiger partial charge is 0.207 e. The summed E-state index contributed by atoms with van der Waals surface area (Å²) in [5.74, 6) is -0.690. The Bertz CT molecular complexity index is 1120. The van der Waals surface area contributed by atoms with Gasteiger partial charge in [-0.05, 0) is 87.0 Å². The third-order valence-electron chi connectivity index (χ3n) is 7.80. The predicted octanol–water partition coefficient (Wildman–Crippen LogP) is 8.19. The van der Waals surface area contributed by atoms with E-state index in [0.29, 0.717) is 41.6 Å². The van der Waals surface area contributed by atoms with Crippen molar-refractivity contribution in [3.63, 3.8) is 0 Å². The second-order valence-corrected chi connectivity index (χ2v) is 10.00. The summed E-state index contributed by atoms with van der Waals surface area (Å²) < 4.78 is 62.0. The van der Waals surface area contributed by atoms with Gasteiger partial charge in [-0.25, -0.2) is 4.39 Å². The molecule has 1 saturated carbocycles. The standard InChI is InChI=1S/C29H33F3O3/c1-3-5-22-12-10-20(16-34-22)17-6-8-18(9-7-17)23-15-21-14-19-11-13-24(33-4-2)26(31)28(19)35-29(21)27(32)25(23)30/h11-13,15,17-18,20H,3-10,14,16H2,1-2H3. The van der Waals surface area contributed by atoms with Crippen LogP contribution in [-0.4, -0.2) is 13.2 Å². The number of hydrogen-bond acceptors (Lipinski definition) is 3. The minimum absolute atomic E-state index is 0.0276. The third-order valence-corrected chi connectivity index (χ3v) is 7.80. The first-order chi connectivity index (χ1) is 17.0. The Kier molecular flexibility index (Phi) is 6.99. The molecule has 1 unspecified atom stereocenters. The molecule has 35 heavy (non-hydrogen) atoms. The van der Waals surface area contributed by atoms with Crippen LogP contribution >= 0.6 is 0 Å². The summed E-state index contributed by atoms with van der Waals surface area (Å²) in [6, 6.07) is 5.02. The zero-order valence-electron chi connectivity index (χ0n) is 20.5. The molecule has 3 nitrogen and oxygen atoms in total. The van der Waals surface area contributed by atoms with Gasteiger partial charge in [-0.1, -0.05) is 13.0 Å². The molecule has 0 spiro atoms. The van der Waals surface area contributed by atoms with E-state index >= 15 is 8.78 Å².